The van der Waals surface area contributed by atoms with Gasteiger partial charge < -0.3 is 9.84 Å². The molecule has 0 rings (SSSR count). The van der Waals surface area contributed by atoms with Gasteiger partial charge in [-0.3, -0.25) is 4.79 Å². The molecule has 0 aliphatic carbocycles. The fourth-order valence-corrected chi connectivity index (χ4v) is 2.42. The van der Waals surface area contributed by atoms with E-state index in [1.165, 1.54) is 11.8 Å². The zero-order chi connectivity index (χ0) is 15.1. The Kier molecular flexibility index (Phi) is 7.79. The van der Waals surface area contributed by atoms with Crippen molar-refractivity contribution in [2.75, 3.05) is 12.0 Å². The van der Waals surface area contributed by atoms with Gasteiger partial charge in [-0.2, -0.15) is 24.9 Å². The Hall–Kier alpha value is -1.00. The molecule has 0 aromatic carbocycles. The summed E-state index contributed by atoms with van der Waals surface area (Å²) in [6, 6.07) is -1.29. The summed E-state index contributed by atoms with van der Waals surface area (Å²) in [7, 11) is -4.27. The number of carbonyl (C=O) groups excluding carboxylic acids is 1. The van der Waals surface area contributed by atoms with Gasteiger partial charge in [-0.15, -0.1) is 0 Å². The van der Waals surface area contributed by atoms with E-state index >= 15 is 0 Å². The molecule has 0 fully saturated rings. The third kappa shape index (κ3) is 8.67. The van der Waals surface area contributed by atoms with Crippen LogP contribution in [0.25, 0.3) is 0 Å². The number of aliphatic carboxylic acids is 1. The Morgan fingerprint density at radius 3 is 2.37 bits per heavy atom. The van der Waals surface area contributed by atoms with Crippen molar-refractivity contribution in [1.29, 1.82) is 0 Å². The van der Waals surface area contributed by atoms with E-state index in [1.807, 2.05) is 4.72 Å². The van der Waals surface area contributed by atoms with Crippen LogP contribution < -0.4 is 9.44 Å². The van der Waals surface area contributed by atoms with Gasteiger partial charge in [0.15, 0.2) is 0 Å². The number of ether oxygens (including phenoxy) is 1. The minimum absolute atomic E-state index is 0.108. The maximum Gasteiger partial charge on any atom is 0.422 e. The summed E-state index contributed by atoms with van der Waals surface area (Å²) < 4.78 is 31.1. The molecule has 0 saturated carbocycles. The summed E-state index contributed by atoms with van der Waals surface area (Å²) in [6.07, 6.45) is 0.237. The number of hydrogen-bond acceptors (Lipinski definition) is 6. The number of hydrogen-bond donors (Lipinski definition) is 3. The van der Waals surface area contributed by atoms with Crippen molar-refractivity contribution in [3.63, 3.8) is 0 Å². The van der Waals surface area contributed by atoms with Crippen LogP contribution in [0, 0.1) is 0 Å². The van der Waals surface area contributed by atoms with E-state index < -0.39 is 34.4 Å². The number of rotatable bonds is 8. The maximum absolute atomic E-state index is 11.5. The highest BCUT2D eigenvalue weighted by atomic mass is 32.2. The van der Waals surface area contributed by atoms with Crippen molar-refractivity contribution >= 4 is 34.0 Å². The van der Waals surface area contributed by atoms with E-state index in [4.69, 9.17) is 5.11 Å². The van der Waals surface area contributed by atoms with Crippen molar-refractivity contribution in [3.8, 4) is 0 Å². The van der Waals surface area contributed by atoms with Crippen LogP contribution in [-0.4, -0.2) is 49.7 Å². The first-order valence-electron chi connectivity index (χ1n) is 5.40. The highest BCUT2D eigenvalue weighted by molar-refractivity contribution is 7.98. The average molecular weight is 314 g/mol. The molecule has 0 saturated heterocycles. The van der Waals surface area contributed by atoms with Gasteiger partial charge in [-0.05, 0) is 32.3 Å². The zero-order valence-corrected chi connectivity index (χ0v) is 12.5. The summed E-state index contributed by atoms with van der Waals surface area (Å²) in [6.45, 7) is 3.11. The van der Waals surface area contributed by atoms with Crippen molar-refractivity contribution in [2.45, 2.75) is 32.4 Å². The van der Waals surface area contributed by atoms with Gasteiger partial charge in [-0.25, -0.2) is 9.52 Å². The number of carboxylic acids is 1. The van der Waals surface area contributed by atoms with Gasteiger partial charge in [0.2, 0.25) is 0 Å². The van der Waals surface area contributed by atoms with Crippen LogP contribution in [0.2, 0.25) is 0 Å². The minimum atomic E-state index is -4.27. The molecular formula is C9H18N2O6S2. The molecule has 0 bridgehead atoms. The summed E-state index contributed by atoms with van der Waals surface area (Å²) in [5.41, 5.74) is 0. The minimum Gasteiger partial charge on any atom is -0.480 e. The van der Waals surface area contributed by atoms with Crippen molar-refractivity contribution in [1.82, 2.24) is 9.44 Å². The Bertz CT molecular complexity index is 409. The predicted octanol–water partition coefficient (Wildman–Crippen LogP) is 0.162. The van der Waals surface area contributed by atoms with Crippen LogP contribution in [0.3, 0.4) is 0 Å². The Labute approximate surface area is 116 Å². The third-order valence-electron chi connectivity index (χ3n) is 1.77. The Morgan fingerprint density at radius 1 is 1.37 bits per heavy atom. The molecule has 1 amide bonds. The fraction of sp³-hybridized carbons (Fsp3) is 0.778. The zero-order valence-electron chi connectivity index (χ0n) is 10.9. The van der Waals surface area contributed by atoms with E-state index in [9.17, 15) is 18.0 Å². The Balaban J connectivity index is 4.55. The molecule has 10 heteroatoms. The first-order chi connectivity index (χ1) is 8.68. The van der Waals surface area contributed by atoms with Gasteiger partial charge >= 0.3 is 22.3 Å². The smallest absolute Gasteiger partial charge is 0.422 e. The van der Waals surface area contributed by atoms with Crippen molar-refractivity contribution in [2.24, 2.45) is 0 Å². The lowest BCUT2D eigenvalue weighted by Crippen LogP contribution is -2.48. The molecule has 112 valence electrons. The molecular weight excluding hydrogens is 296 g/mol. The standard InChI is InChI=1S/C9H18N2O6S2/c1-6(2)17-9(14)11-19(15,16)10-7(8(12)13)4-5-18-3/h6-7,10H,4-5H2,1-3H3,(H,11,14)(H,12,13)/t7-/m1/s1. The van der Waals surface area contributed by atoms with Gasteiger partial charge in [0.25, 0.3) is 0 Å². The first kappa shape index (κ1) is 18.0. The normalized spacial score (nSPS) is 13.1. The number of carboxylic acid groups (broad SMARTS) is 1. The first-order valence-corrected chi connectivity index (χ1v) is 8.28. The van der Waals surface area contributed by atoms with E-state index in [0.717, 1.165) is 0 Å². The van der Waals surface area contributed by atoms with E-state index in [1.54, 1.807) is 24.8 Å². The fourth-order valence-electron chi connectivity index (χ4n) is 1.03. The van der Waals surface area contributed by atoms with Crippen LogP contribution in [0.5, 0.6) is 0 Å². The van der Waals surface area contributed by atoms with E-state index in [2.05, 4.69) is 4.74 Å². The molecule has 19 heavy (non-hydrogen) atoms. The van der Waals surface area contributed by atoms with E-state index in [0.29, 0.717) is 5.75 Å². The van der Waals surface area contributed by atoms with Crippen molar-refractivity contribution in [3.05, 3.63) is 0 Å². The molecule has 0 aromatic rings. The Morgan fingerprint density at radius 2 is 1.95 bits per heavy atom. The molecule has 0 heterocycles. The average Bonchev–Trinajstić information content (AvgIpc) is 2.21. The second-order valence-electron chi connectivity index (χ2n) is 3.85. The number of thioether (sulfide) groups is 1. The molecule has 8 nitrogen and oxygen atoms in total. The lowest BCUT2D eigenvalue weighted by atomic mass is 10.2. The molecule has 0 aromatic heterocycles. The number of nitrogens with one attached hydrogen (secondary N) is 2. The van der Waals surface area contributed by atoms with Gasteiger partial charge in [0.05, 0.1) is 6.10 Å². The maximum atomic E-state index is 11.5. The van der Waals surface area contributed by atoms with Gasteiger partial charge in [0, 0.05) is 0 Å². The van der Waals surface area contributed by atoms with Crippen LogP contribution in [0.4, 0.5) is 4.79 Å². The largest absolute Gasteiger partial charge is 0.480 e. The summed E-state index contributed by atoms with van der Waals surface area (Å²) in [5.74, 6) is -0.840. The van der Waals surface area contributed by atoms with Crippen LogP contribution in [0.15, 0.2) is 0 Å². The second kappa shape index (κ2) is 8.23. The molecule has 1 atom stereocenters. The SMILES string of the molecule is CSCC[C@@H](NS(=O)(=O)NC(=O)OC(C)C)C(=O)O. The quantitative estimate of drug-likeness (QED) is 0.583. The van der Waals surface area contributed by atoms with Crippen LogP contribution in [0.1, 0.15) is 20.3 Å². The lowest BCUT2D eigenvalue weighted by Gasteiger charge is -2.15. The van der Waals surface area contributed by atoms with Crippen molar-refractivity contribution < 1.29 is 27.9 Å². The summed E-state index contributed by atoms with van der Waals surface area (Å²) in [5, 5.41) is 8.86. The van der Waals surface area contributed by atoms with Gasteiger partial charge in [0.1, 0.15) is 6.04 Å². The van der Waals surface area contributed by atoms with E-state index in [-0.39, 0.29) is 6.42 Å². The molecule has 3 N–H and O–H groups in total. The monoisotopic (exact) mass is 314 g/mol. The van der Waals surface area contributed by atoms with Gasteiger partial charge in [-0.1, -0.05) is 0 Å². The third-order valence-corrected chi connectivity index (χ3v) is 3.44. The molecule has 0 radical (unpaired) electrons. The topological polar surface area (TPSA) is 122 Å². The number of carbonyl (C=O) groups is 2. The summed E-state index contributed by atoms with van der Waals surface area (Å²) in [4.78, 5) is 22.0. The lowest BCUT2D eigenvalue weighted by molar-refractivity contribution is -0.139. The van der Waals surface area contributed by atoms with Crippen LogP contribution >= 0.6 is 11.8 Å². The molecule has 0 aliphatic heterocycles. The molecule has 0 unspecified atom stereocenters. The second-order valence-corrected chi connectivity index (χ2v) is 6.28. The number of amides is 1. The molecule has 0 spiro atoms. The predicted molar refractivity (Wildman–Crippen MR) is 71.2 cm³/mol. The highest BCUT2D eigenvalue weighted by Crippen LogP contribution is 2.02. The molecule has 0 aliphatic rings. The van der Waals surface area contributed by atoms with Crippen LogP contribution in [-0.2, 0) is 19.7 Å². The summed E-state index contributed by atoms with van der Waals surface area (Å²) >= 11 is 1.39. The highest BCUT2D eigenvalue weighted by Gasteiger charge is 2.25.